The number of nitrogens with zero attached hydrogens (tertiary/aromatic N) is 2. The highest BCUT2D eigenvalue weighted by molar-refractivity contribution is 7.13. The van der Waals surface area contributed by atoms with Crippen LogP contribution in [0.1, 0.15) is 23.8 Å². The van der Waals surface area contributed by atoms with Gasteiger partial charge in [-0.05, 0) is 13.0 Å². The van der Waals surface area contributed by atoms with Crippen molar-refractivity contribution in [3.63, 3.8) is 0 Å². The Bertz CT molecular complexity index is 591. The van der Waals surface area contributed by atoms with Gasteiger partial charge in [0.05, 0.1) is 12.7 Å². The molecule has 2 heterocycles. The normalized spacial score (nSPS) is 10.4. The van der Waals surface area contributed by atoms with Crippen molar-refractivity contribution in [1.82, 2.24) is 9.88 Å². The molecule has 0 aliphatic heterocycles. The minimum Gasteiger partial charge on any atom is -0.481 e. The third kappa shape index (κ3) is 3.24. The third-order valence-electron chi connectivity index (χ3n) is 2.76. The van der Waals surface area contributed by atoms with Gasteiger partial charge in [0.2, 0.25) is 0 Å². The number of carbonyl (C=O) groups excluding carboxylic acids is 1. The molecule has 1 N–H and O–H groups in total. The molecular weight excluding hydrogens is 280 g/mol. The predicted octanol–water partition coefficient (Wildman–Crippen LogP) is 2.34. The first-order valence-corrected chi connectivity index (χ1v) is 6.99. The van der Waals surface area contributed by atoms with E-state index in [9.17, 15) is 9.59 Å². The molecule has 0 saturated carbocycles. The molecule has 0 bridgehead atoms. The number of thiazole rings is 1. The van der Waals surface area contributed by atoms with Gasteiger partial charge >= 0.3 is 5.97 Å². The molecule has 0 aliphatic rings. The molecule has 0 radical (unpaired) electrons. The van der Waals surface area contributed by atoms with Crippen LogP contribution in [-0.2, 0) is 4.79 Å². The van der Waals surface area contributed by atoms with Crippen LogP contribution in [0, 0.1) is 0 Å². The lowest BCUT2D eigenvalue weighted by molar-refractivity contribution is -0.137. The minimum atomic E-state index is -0.923. The predicted molar refractivity (Wildman–Crippen MR) is 73.6 cm³/mol. The fourth-order valence-corrected chi connectivity index (χ4v) is 2.47. The van der Waals surface area contributed by atoms with Crippen LogP contribution in [0.2, 0.25) is 0 Å². The Morgan fingerprint density at radius 3 is 2.90 bits per heavy atom. The summed E-state index contributed by atoms with van der Waals surface area (Å²) in [5.41, 5.74) is 1.15. The van der Waals surface area contributed by atoms with E-state index in [0.717, 1.165) is 5.56 Å². The summed E-state index contributed by atoms with van der Waals surface area (Å²) in [5.74, 6) is -1.17. The van der Waals surface area contributed by atoms with Gasteiger partial charge in [-0.3, -0.25) is 9.59 Å². The Hall–Kier alpha value is -2.15. The van der Waals surface area contributed by atoms with E-state index in [-0.39, 0.29) is 18.9 Å². The topological polar surface area (TPSA) is 83.6 Å². The highest BCUT2D eigenvalue weighted by Gasteiger charge is 2.18. The van der Waals surface area contributed by atoms with Crippen molar-refractivity contribution >= 4 is 23.2 Å². The van der Waals surface area contributed by atoms with E-state index < -0.39 is 5.97 Å². The summed E-state index contributed by atoms with van der Waals surface area (Å²) in [7, 11) is 0. The number of carbonyl (C=O) groups is 2. The lowest BCUT2D eigenvalue weighted by atomic mass is 10.3. The maximum absolute atomic E-state index is 12.2. The zero-order valence-corrected chi connectivity index (χ0v) is 11.7. The summed E-state index contributed by atoms with van der Waals surface area (Å²) in [4.78, 5) is 28.5. The van der Waals surface area contributed by atoms with Gasteiger partial charge in [-0.15, -0.1) is 11.3 Å². The standard InChI is InChI=1S/C13H14N2O4S/c1-2-15(5-3-11(16)17)13(18)10-8-20-12(14-10)9-4-6-19-7-9/h4,6-8H,2-3,5H2,1H3,(H,16,17). The van der Waals surface area contributed by atoms with Gasteiger partial charge in [0.15, 0.2) is 0 Å². The van der Waals surface area contributed by atoms with Crippen molar-refractivity contribution < 1.29 is 19.1 Å². The Balaban J connectivity index is 2.10. The second kappa shape index (κ2) is 6.33. The van der Waals surface area contributed by atoms with Crippen LogP contribution in [0.5, 0.6) is 0 Å². The molecule has 2 aromatic heterocycles. The number of aromatic nitrogens is 1. The second-order valence-corrected chi connectivity index (χ2v) is 4.94. The summed E-state index contributed by atoms with van der Waals surface area (Å²) in [6.07, 6.45) is 3.04. The van der Waals surface area contributed by atoms with E-state index in [0.29, 0.717) is 17.2 Å². The largest absolute Gasteiger partial charge is 0.481 e. The summed E-state index contributed by atoms with van der Waals surface area (Å²) in [6.45, 7) is 2.44. The molecule has 0 fully saturated rings. The average molecular weight is 294 g/mol. The molecule has 6 nitrogen and oxygen atoms in total. The number of carboxylic acids is 1. The quantitative estimate of drug-likeness (QED) is 0.884. The molecule has 7 heteroatoms. The van der Waals surface area contributed by atoms with Crippen molar-refractivity contribution in [1.29, 1.82) is 0 Å². The van der Waals surface area contributed by atoms with Gasteiger partial charge in [-0.1, -0.05) is 0 Å². The van der Waals surface area contributed by atoms with E-state index in [1.165, 1.54) is 16.2 Å². The van der Waals surface area contributed by atoms with Gasteiger partial charge in [-0.2, -0.15) is 0 Å². The zero-order valence-electron chi connectivity index (χ0n) is 10.9. The summed E-state index contributed by atoms with van der Waals surface area (Å²) >= 11 is 1.35. The van der Waals surface area contributed by atoms with E-state index in [1.54, 1.807) is 24.0 Å². The Morgan fingerprint density at radius 2 is 2.30 bits per heavy atom. The third-order valence-corrected chi connectivity index (χ3v) is 3.65. The maximum atomic E-state index is 12.2. The van der Waals surface area contributed by atoms with E-state index in [1.807, 2.05) is 6.92 Å². The monoisotopic (exact) mass is 294 g/mol. The SMILES string of the molecule is CCN(CCC(=O)O)C(=O)c1csc(-c2ccoc2)n1. The van der Waals surface area contributed by atoms with Crippen LogP contribution in [0.15, 0.2) is 28.4 Å². The molecule has 0 saturated heterocycles. The number of rotatable bonds is 6. The van der Waals surface area contributed by atoms with Crippen molar-refractivity contribution in [3.05, 3.63) is 29.7 Å². The van der Waals surface area contributed by atoms with Crippen molar-refractivity contribution in [3.8, 4) is 10.6 Å². The lowest BCUT2D eigenvalue weighted by Gasteiger charge is -2.18. The summed E-state index contributed by atoms with van der Waals surface area (Å²) < 4.78 is 4.98. The first kappa shape index (κ1) is 14.3. The molecule has 0 unspecified atom stereocenters. The Kier molecular flexibility index (Phi) is 4.52. The number of hydrogen-bond acceptors (Lipinski definition) is 5. The molecule has 0 spiro atoms. The van der Waals surface area contributed by atoms with Crippen LogP contribution >= 0.6 is 11.3 Å². The maximum Gasteiger partial charge on any atom is 0.305 e. The Morgan fingerprint density at radius 1 is 1.50 bits per heavy atom. The first-order chi connectivity index (χ1) is 9.61. The van der Waals surface area contributed by atoms with Crippen LogP contribution in [0.4, 0.5) is 0 Å². The van der Waals surface area contributed by atoms with Crippen molar-refractivity contribution in [2.24, 2.45) is 0 Å². The van der Waals surface area contributed by atoms with E-state index in [4.69, 9.17) is 9.52 Å². The van der Waals surface area contributed by atoms with Crippen molar-refractivity contribution in [2.45, 2.75) is 13.3 Å². The lowest BCUT2D eigenvalue weighted by Crippen LogP contribution is -2.33. The summed E-state index contributed by atoms with van der Waals surface area (Å²) in [5, 5.41) is 11.1. The molecule has 2 aromatic rings. The fourth-order valence-electron chi connectivity index (χ4n) is 1.69. The van der Waals surface area contributed by atoms with Crippen LogP contribution in [-0.4, -0.2) is 40.0 Å². The summed E-state index contributed by atoms with van der Waals surface area (Å²) in [6, 6.07) is 1.77. The van der Waals surface area contributed by atoms with Gasteiger partial charge < -0.3 is 14.4 Å². The van der Waals surface area contributed by atoms with Gasteiger partial charge in [0.1, 0.15) is 17.0 Å². The number of carboxylic acid groups (broad SMARTS) is 1. The first-order valence-electron chi connectivity index (χ1n) is 6.11. The van der Waals surface area contributed by atoms with Gasteiger partial charge in [0.25, 0.3) is 5.91 Å². The van der Waals surface area contributed by atoms with Gasteiger partial charge in [-0.25, -0.2) is 4.98 Å². The number of amides is 1. The highest BCUT2D eigenvalue weighted by atomic mass is 32.1. The molecular formula is C13H14N2O4S. The van der Waals surface area contributed by atoms with E-state index in [2.05, 4.69) is 4.98 Å². The fraction of sp³-hybridized carbons (Fsp3) is 0.308. The molecule has 0 aliphatic carbocycles. The average Bonchev–Trinajstić information content (AvgIpc) is 3.09. The number of aliphatic carboxylic acids is 1. The van der Waals surface area contributed by atoms with Crippen LogP contribution in [0.25, 0.3) is 10.6 Å². The zero-order chi connectivity index (χ0) is 14.5. The number of hydrogen-bond donors (Lipinski definition) is 1. The van der Waals surface area contributed by atoms with Crippen LogP contribution < -0.4 is 0 Å². The highest BCUT2D eigenvalue weighted by Crippen LogP contribution is 2.24. The van der Waals surface area contributed by atoms with Crippen molar-refractivity contribution in [2.75, 3.05) is 13.1 Å². The molecule has 20 heavy (non-hydrogen) atoms. The number of furan rings is 1. The van der Waals surface area contributed by atoms with Gasteiger partial charge in [0, 0.05) is 24.0 Å². The van der Waals surface area contributed by atoms with Crippen LogP contribution in [0.3, 0.4) is 0 Å². The van der Waals surface area contributed by atoms with E-state index >= 15 is 0 Å². The minimum absolute atomic E-state index is 0.0711. The second-order valence-electron chi connectivity index (χ2n) is 4.08. The molecule has 0 aromatic carbocycles. The molecule has 2 rings (SSSR count). The molecule has 106 valence electrons. The smallest absolute Gasteiger partial charge is 0.305 e. The molecule has 0 atom stereocenters. The Labute approximate surface area is 119 Å². The molecule has 1 amide bonds.